The molecule has 1 unspecified atom stereocenters. The first kappa shape index (κ1) is 17.0. The zero-order chi connectivity index (χ0) is 19.8. The van der Waals surface area contributed by atoms with Crippen LogP contribution >= 0.6 is 0 Å². The molecule has 5 rings (SSSR count). The third-order valence-corrected chi connectivity index (χ3v) is 5.36. The molecule has 2 aliphatic heterocycles. The Kier molecular flexibility index (Phi) is 3.20. The first-order chi connectivity index (χ1) is 13.3. The van der Waals surface area contributed by atoms with Gasteiger partial charge in [0.1, 0.15) is 23.5 Å². The van der Waals surface area contributed by atoms with E-state index < -0.39 is 41.8 Å². The average Bonchev–Trinajstić information content (AvgIpc) is 3.01. The van der Waals surface area contributed by atoms with Crippen LogP contribution in [0.2, 0.25) is 0 Å². The monoisotopic (exact) mass is 390 g/mol. The predicted molar refractivity (Wildman–Crippen MR) is 90.2 cm³/mol. The van der Waals surface area contributed by atoms with Gasteiger partial charge in [-0.1, -0.05) is 0 Å². The lowest BCUT2D eigenvalue weighted by Gasteiger charge is -2.31. The van der Waals surface area contributed by atoms with E-state index in [1.165, 1.54) is 6.33 Å². The number of carbonyl (C=O) groups excluding carboxylic acids is 2. The lowest BCUT2D eigenvalue weighted by atomic mass is 9.91. The van der Waals surface area contributed by atoms with Crippen molar-refractivity contribution in [1.82, 2.24) is 14.6 Å². The quantitative estimate of drug-likeness (QED) is 0.760. The van der Waals surface area contributed by atoms with Crippen molar-refractivity contribution >= 4 is 23.6 Å². The van der Waals surface area contributed by atoms with Crippen LogP contribution in [0.3, 0.4) is 0 Å². The highest BCUT2D eigenvalue weighted by molar-refractivity contribution is 5.70. The fourth-order valence-electron chi connectivity index (χ4n) is 4.17. The molecule has 3 fully saturated rings. The van der Waals surface area contributed by atoms with Crippen LogP contribution in [0, 0.1) is 0 Å². The van der Waals surface area contributed by atoms with Gasteiger partial charge >= 0.3 is 12.3 Å². The summed E-state index contributed by atoms with van der Waals surface area (Å²) in [6.45, 7) is 5.17. The number of carbonyl (C=O) groups is 2. The van der Waals surface area contributed by atoms with Crippen molar-refractivity contribution in [2.45, 2.75) is 56.4 Å². The Balaban J connectivity index is 1.49. The van der Waals surface area contributed by atoms with E-state index in [2.05, 4.69) is 10.1 Å². The molecule has 2 N–H and O–H groups in total. The number of fused-ring (bicyclic) bond motifs is 1. The molecule has 2 aromatic rings. The van der Waals surface area contributed by atoms with E-state index >= 15 is 0 Å². The molecule has 11 nitrogen and oxygen atoms in total. The molecule has 1 spiro atoms. The van der Waals surface area contributed by atoms with Crippen LogP contribution in [-0.2, 0) is 29.3 Å². The van der Waals surface area contributed by atoms with E-state index in [1.807, 2.05) is 0 Å². The van der Waals surface area contributed by atoms with Crippen molar-refractivity contribution in [3.63, 3.8) is 0 Å². The molecule has 5 atom stereocenters. The van der Waals surface area contributed by atoms with Crippen LogP contribution in [-0.4, -0.2) is 56.9 Å². The van der Waals surface area contributed by atoms with Crippen LogP contribution in [0.25, 0.3) is 5.52 Å². The first-order valence-corrected chi connectivity index (χ1v) is 8.81. The summed E-state index contributed by atoms with van der Waals surface area (Å²) in [5.41, 5.74) is 4.79. The fourth-order valence-corrected chi connectivity index (χ4v) is 4.17. The van der Waals surface area contributed by atoms with Gasteiger partial charge in [0.2, 0.25) is 5.60 Å². The molecular formula is C17H18N4O7. The second-order valence-electron chi connectivity index (χ2n) is 7.46. The minimum absolute atomic E-state index is 0.306. The Labute approximate surface area is 158 Å². The van der Waals surface area contributed by atoms with Gasteiger partial charge in [0.15, 0.2) is 18.0 Å². The first-order valence-electron chi connectivity index (χ1n) is 8.81. The molecule has 0 amide bonds. The molecule has 3 aliphatic rings. The zero-order valence-electron chi connectivity index (χ0n) is 15.3. The van der Waals surface area contributed by atoms with Gasteiger partial charge in [-0.2, -0.15) is 5.10 Å². The van der Waals surface area contributed by atoms with Crippen LogP contribution < -0.4 is 5.73 Å². The van der Waals surface area contributed by atoms with Gasteiger partial charge in [-0.3, -0.25) is 0 Å². The molecule has 1 saturated carbocycles. The van der Waals surface area contributed by atoms with Gasteiger partial charge in [-0.25, -0.2) is 19.1 Å². The summed E-state index contributed by atoms with van der Waals surface area (Å²) in [5.74, 6) is 0.306. The number of hydrogen-bond donors (Lipinski definition) is 1. The zero-order valence-corrected chi connectivity index (χ0v) is 15.3. The third-order valence-electron chi connectivity index (χ3n) is 5.36. The van der Waals surface area contributed by atoms with Gasteiger partial charge < -0.3 is 29.4 Å². The minimum Gasteiger partial charge on any atom is -0.432 e. The molecule has 2 saturated heterocycles. The molecule has 1 aliphatic carbocycles. The standard InChI is InChI=1S/C17H18N4O7/c1-7(2)24-14(22)25-10-11-17(10)13(26-15(23)28-17)16(3,27-11)9-5-4-8-12(18)19-6-20-21(8)9/h4-7,10-11,13H,1-3H3,(H2,18,19,20)/t10?,11-,13+,16+,17-/m1/s1. The number of ether oxygens (including phenoxy) is 5. The van der Waals surface area contributed by atoms with Crippen LogP contribution in [0.15, 0.2) is 18.5 Å². The summed E-state index contributed by atoms with van der Waals surface area (Å²) in [7, 11) is 0. The highest BCUT2D eigenvalue weighted by Gasteiger charge is 2.89. The van der Waals surface area contributed by atoms with Crippen molar-refractivity contribution < 1.29 is 33.3 Å². The summed E-state index contributed by atoms with van der Waals surface area (Å²) in [6.07, 6.45) is -3.06. The van der Waals surface area contributed by atoms with Crippen molar-refractivity contribution in [2.75, 3.05) is 5.73 Å². The number of anilines is 1. The van der Waals surface area contributed by atoms with Crippen molar-refractivity contribution in [2.24, 2.45) is 0 Å². The fraction of sp³-hybridized carbons (Fsp3) is 0.529. The second kappa shape index (κ2) is 5.25. The van der Waals surface area contributed by atoms with Gasteiger partial charge in [-0.05, 0) is 32.9 Å². The topological polar surface area (TPSA) is 136 Å². The Bertz CT molecular complexity index is 1010. The summed E-state index contributed by atoms with van der Waals surface area (Å²) in [5, 5.41) is 4.22. The number of aromatic nitrogens is 3. The van der Waals surface area contributed by atoms with Crippen molar-refractivity contribution in [1.29, 1.82) is 0 Å². The Morgan fingerprint density at radius 3 is 2.93 bits per heavy atom. The summed E-state index contributed by atoms with van der Waals surface area (Å²) in [4.78, 5) is 27.8. The SMILES string of the molecule is CC(C)OC(=O)OC1[C@H]2O[C@@](C)(c3ccc4c(N)ncnn34)[C@@H]3OC(=O)O[C@]123. The molecule has 28 heavy (non-hydrogen) atoms. The van der Waals surface area contributed by atoms with E-state index in [1.54, 1.807) is 37.4 Å². The van der Waals surface area contributed by atoms with Crippen molar-refractivity contribution in [3.8, 4) is 0 Å². The van der Waals surface area contributed by atoms with E-state index in [-0.39, 0.29) is 6.10 Å². The van der Waals surface area contributed by atoms with Crippen LogP contribution in [0.5, 0.6) is 0 Å². The molecule has 0 aromatic carbocycles. The Hall–Kier alpha value is -3.08. The van der Waals surface area contributed by atoms with Gasteiger partial charge in [0.05, 0.1) is 11.8 Å². The summed E-state index contributed by atoms with van der Waals surface area (Å²) in [6, 6.07) is 3.52. The lowest BCUT2D eigenvalue weighted by molar-refractivity contribution is -0.108. The molecule has 2 aromatic heterocycles. The molecule has 0 bridgehead atoms. The number of nitrogen functional groups attached to an aromatic ring is 1. The number of rotatable bonds is 3. The minimum atomic E-state index is -1.22. The average molecular weight is 390 g/mol. The third kappa shape index (κ3) is 2.02. The molecule has 0 radical (unpaired) electrons. The molecular weight excluding hydrogens is 372 g/mol. The summed E-state index contributed by atoms with van der Waals surface area (Å²) < 4.78 is 28.9. The Morgan fingerprint density at radius 1 is 1.39 bits per heavy atom. The number of hydrogen-bond acceptors (Lipinski definition) is 10. The van der Waals surface area contributed by atoms with Gasteiger partial charge in [0, 0.05) is 0 Å². The molecule has 11 heteroatoms. The number of nitrogens with two attached hydrogens (primary N) is 1. The number of nitrogens with zero attached hydrogens (tertiary/aromatic N) is 3. The maximum absolute atomic E-state index is 11.9. The van der Waals surface area contributed by atoms with Gasteiger partial charge in [-0.15, -0.1) is 0 Å². The maximum atomic E-state index is 11.9. The lowest BCUT2D eigenvalue weighted by Crippen LogP contribution is -2.45. The highest BCUT2D eigenvalue weighted by atomic mass is 16.8. The van der Waals surface area contributed by atoms with E-state index in [9.17, 15) is 9.59 Å². The normalized spacial score (nSPS) is 35.3. The van der Waals surface area contributed by atoms with E-state index in [4.69, 9.17) is 29.4 Å². The van der Waals surface area contributed by atoms with E-state index in [0.29, 0.717) is 17.0 Å². The highest BCUT2D eigenvalue weighted by Crippen LogP contribution is 2.64. The maximum Gasteiger partial charge on any atom is 0.509 e. The predicted octanol–water partition coefficient (Wildman–Crippen LogP) is 1.14. The van der Waals surface area contributed by atoms with Crippen LogP contribution in [0.1, 0.15) is 26.5 Å². The second-order valence-corrected chi connectivity index (χ2v) is 7.46. The van der Waals surface area contributed by atoms with Crippen molar-refractivity contribution in [3.05, 3.63) is 24.2 Å². The molecule has 4 heterocycles. The smallest absolute Gasteiger partial charge is 0.432 e. The molecule has 148 valence electrons. The van der Waals surface area contributed by atoms with Gasteiger partial charge in [0.25, 0.3) is 0 Å². The van der Waals surface area contributed by atoms with Crippen LogP contribution in [0.4, 0.5) is 15.4 Å². The summed E-state index contributed by atoms with van der Waals surface area (Å²) >= 11 is 0. The Morgan fingerprint density at radius 2 is 2.18 bits per heavy atom. The van der Waals surface area contributed by atoms with E-state index in [0.717, 1.165) is 0 Å². The largest absolute Gasteiger partial charge is 0.509 e.